The van der Waals surface area contributed by atoms with Crippen molar-refractivity contribution < 1.29 is 9.32 Å². The Kier molecular flexibility index (Phi) is 4.64. The molecule has 1 aromatic heterocycles. The maximum Gasteiger partial charge on any atom is 0.264 e. The Morgan fingerprint density at radius 1 is 1.04 bits per heavy atom. The van der Waals surface area contributed by atoms with Gasteiger partial charge in [0.1, 0.15) is 0 Å². The monoisotopic (exact) mass is 348 g/mol. The summed E-state index contributed by atoms with van der Waals surface area (Å²) in [5, 5.41) is 7.12. The Balaban J connectivity index is 1.38. The highest BCUT2D eigenvalue weighted by Crippen LogP contribution is 2.22. The highest BCUT2D eigenvalue weighted by molar-refractivity contribution is 5.93. The molecule has 0 radical (unpaired) electrons. The normalized spacial score (nSPS) is 14.5. The van der Waals surface area contributed by atoms with Gasteiger partial charge in [-0.25, -0.2) is 0 Å². The zero-order chi connectivity index (χ0) is 17.8. The average molecular weight is 348 g/mol. The smallest absolute Gasteiger partial charge is 0.264 e. The summed E-state index contributed by atoms with van der Waals surface area (Å²) in [5.74, 6) is 1.16. The molecule has 6 nitrogen and oxygen atoms in total. The first kappa shape index (κ1) is 16.3. The van der Waals surface area contributed by atoms with Crippen molar-refractivity contribution in [2.75, 3.05) is 16.8 Å². The molecule has 0 unspecified atom stereocenters. The predicted molar refractivity (Wildman–Crippen MR) is 99.7 cm³/mol. The van der Waals surface area contributed by atoms with E-state index in [4.69, 9.17) is 4.52 Å². The molecule has 2 heterocycles. The minimum absolute atomic E-state index is 0.211. The zero-order valence-electron chi connectivity index (χ0n) is 14.4. The fourth-order valence-corrected chi connectivity index (χ4v) is 3.05. The SMILES string of the molecule is O=C1CCCCN1c1ccc(CNc2noc(-c3ccccc3)n2)cc1. The Morgan fingerprint density at radius 2 is 1.85 bits per heavy atom. The second kappa shape index (κ2) is 7.39. The lowest BCUT2D eigenvalue weighted by atomic mass is 10.1. The Bertz CT molecular complexity index is 874. The number of aromatic nitrogens is 2. The van der Waals surface area contributed by atoms with E-state index in [9.17, 15) is 4.79 Å². The van der Waals surface area contributed by atoms with Crippen molar-refractivity contribution in [3.05, 3.63) is 60.2 Å². The van der Waals surface area contributed by atoms with E-state index in [1.54, 1.807) is 0 Å². The van der Waals surface area contributed by atoms with Crippen LogP contribution < -0.4 is 10.2 Å². The predicted octanol–water partition coefficient (Wildman–Crippen LogP) is 3.87. The number of nitrogens with one attached hydrogen (secondary N) is 1. The van der Waals surface area contributed by atoms with E-state index in [1.807, 2.05) is 59.5 Å². The molecule has 1 N–H and O–H groups in total. The number of piperidine rings is 1. The summed E-state index contributed by atoms with van der Waals surface area (Å²) in [5.41, 5.74) is 2.94. The van der Waals surface area contributed by atoms with Crippen molar-refractivity contribution in [2.45, 2.75) is 25.8 Å². The summed E-state index contributed by atoms with van der Waals surface area (Å²) in [6, 6.07) is 17.7. The molecule has 1 aliphatic heterocycles. The van der Waals surface area contributed by atoms with E-state index in [0.29, 0.717) is 24.8 Å². The summed E-state index contributed by atoms with van der Waals surface area (Å²) in [7, 11) is 0. The average Bonchev–Trinajstić information content (AvgIpc) is 3.17. The van der Waals surface area contributed by atoms with Crippen LogP contribution in [0.1, 0.15) is 24.8 Å². The second-order valence-corrected chi connectivity index (χ2v) is 6.31. The lowest BCUT2D eigenvalue weighted by Gasteiger charge is -2.26. The highest BCUT2D eigenvalue weighted by Gasteiger charge is 2.19. The topological polar surface area (TPSA) is 71.3 Å². The third kappa shape index (κ3) is 3.59. The molecule has 0 atom stereocenters. The lowest BCUT2D eigenvalue weighted by Crippen LogP contribution is -2.35. The molecule has 26 heavy (non-hydrogen) atoms. The Morgan fingerprint density at radius 3 is 2.62 bits per heavy atom. The Labute approximate surface area is 151 Å². The fraction of sp³-hybridized carbons (Fsp3) is 0.250. The molecule has 1 fully saturated rings. The highest BCUT2D eigenvalue weighted by atomic mass is 16.5. The van der Waals surface area contributed by atoms with Crippen molar-refractivity contribution in [1.29, 1.82) is 0 Å². The van der Waals surface area contributed by atoms with Crippen LogP contribution in [-0.2, 0) is 11.3 Å². The van der Waals surface area contributed by atoms with Crippen molar-refractivity contribution in [3.63, 3.8) is 0 Å². The molecule has 1 amide bonds. The standard InChI is InChI=1S/C20H20N4O2/c25-18-8-4-5-13-24(18)17-11-9-15(10-12-17)14-21-20-22-19(26-23-20)16-6-2-1-3-7-16/h1-3,6-7,9-12H,4-5,8,13-14H2,(H,21,23). The van der Waals surface area contributed by atoms with E-state index in [0.717, 1.165) is 36.2 Å². The van der Waals surface area contributed by atoms with Crippen LogP contribution in [0.4, 0.5) is 11.6 Å². The van der Waals surface area contributed by atoms with Crippen molar-refractivity contribution >= 4 is 17.5 Å². The molecule has 4 rings (SSSR count). The molecule has 0 saturated carbocycles. The molecule has 0 aliphatic carbocycles. The van der Waals surface area contributed by atoms with Crippen molar-refractivity contribution in [3.8, 4) is 11.5 Å². The van der Waals surface area contributed by atoms with Crippen LogP contribution in [0.5, 0.6) is 0 Å². The zero-order valence-corrected chi connectivity index (χ0v) is 14.4. The number of rotatable bonds is 5. The van der Waals surface area contributed by atoms with E-state index in [-0.39, 0.29) is 5.91 Å². The van der Waals surface area contributed by atoms with E-state index < -0.39 is 0 Å². The molecule has 1 aliphatic rings. The second-order valence-electron chi connectivity index (χ2n) is 6.31. The van der Waals surface area contributed by atoms with Gasteiger partial charge in [-0.1, -0.05) is 30.3 Å². The van der Waals surface area contributed by atoms with Gasteiger partial charge >= 0.3 is 0 Å². The van der Waals surface area contributed by atoms with Gasteiger partial charge in [0, 0.05) is 30.8 Å². The minimum atomic E-state index is 0.211. The number of hydrogen-bond acceptors (Lipinski definition) is 5. The summed E-state index contributed by atoms with van der Waals surface area (Å²) >= 11 is 0. The van der Waals surface area contributed by atoms with Gasteiger partial charge in [0.05, 0.1) is 0 Å². The van der Waals surface area contributed by atoms with Gasteiger partial charge < -0.3 is 14.7 Å². The first-order valence-corrected chi connectivity index (χ1v) is 8.82. The Hall–Kier alpha value is -3.15. The maximum atomic E-state index is 12.0. The first-order valence-electron chi connectivity index (χ1n) is 8.82. The van der Waals surface area contributed by atoms with E-state index >= 15 is 0 Å². The van der Waals surface area contributed by atoms with Crippen LogP contribution in [0, 0.1) is 0 Å². The molecule has 0 spiro atoms. The fourth-order valence-electron chi connectivity index (χ4n) is 3.05. The van der Waals surface area contributed by atoms with Gasteiger partial charge in [0.25, 0.3) is 11.8 Å². The van der Waals surface area contributed by atoms with Crippen LogP contribution in [0.3, 0.4) is 0 Å². The van der Waals surface area contributed by atoms with Crippen molar-refractivity contribution in [2.24, 2.45) is 0 Å². The number of nitrogens with zero attached hydrogens (tertiary/aromatic N) is 3. The van der Waals surface area contributed by atoms with Crippen LogP contribution in [-0.4, -0.2) is 22.6 Å². The number of hydrogen-bond donors (Lipinski definition) is 1. The maximum absolute atomic E-state index is 12.0. The third-order valence-corrected chi connectivity index (χ3v) is 4.47. The third-order valence-electron chi connectivity index (χ3n) is 4.47. The van der Waals surface area contributed by atoms with Gasteiger partial charge in [0.15, 0.2) is 0 Å². The number of anilines is 2. The molecular formula is C20H20N4O2. The van der Waals surface area contributed by atoms with E-state index in [1.165, 1.54) is 0 Å². The lowest BCUT2D eigenvalue weighted by molar-refractivity contribution is -0.119. The van der Waals surface area contributed by atoms with Crippen LogP contribution in [0.25, 0.3) is 11.5 Å². The van der Waals surface area contributed by atoms with Crippen LogP contribution in [0.2, 0.25) is 0 Å². The number of benzene rings is 2. The summed E-state index contributed by atoms with van der Waals surface area (Å²) in [6.07, 6.45) is 2.70. The van der Waals surface area contributed by atoms with Crippen LogP contribution in [0.15, 0.2) is 59.1 Å². The van der Waals surface area contributed by atoms with Gasteiger partial charge in [-0.2, -0.15) is 4.98 Å². The minimum Gasteiger partial charge on any atom is -0.347 e. The van der Waals surface area contributed by atoms with Gasteiger partial charge in [-0.15, -0.1) is 0 Å². The largest absolute Gasteiger partial charge is 0.347 e. The quantitative estimate of drug-likeness (QED) is 0.758. The molecule has 6 heteroatoms. The molecule has 3 aromatic rings. The van der Waals surface area contributed by atoms with E-state index in [2.05, 4.69) is 15.5 Å². The number of carbonyl (C=O) groups excluding carboxylic acids is 1. The summed E-state index contributed by atoms with van der Waals surface area (Å²) in [4.78, 5) is 18.2. The molecule has 2 aromatic carbocycles. The number of carbonyl (C=O) groups is 1. The molecule has 0 bridgehead atoms. The number of amides is 1. The molecule has 1 saturated heterocycles. The van der Waals surface area contributed by atoms with Crippen molar-refractivity contribution in [1.82, 2.24) is 10.1 Å². The van der Waals surface area contributed by atoms with Crippen LogP contribution >= 0.6 is 0 Å². The van der Waals surface area contributed by atoms with Gasteiger partial charge in [-0.05, 0) is 47.8 Å². The first-order chi connectivity index (χ1) is 12.8. The summed E-state index contributed by atoms with van der Waals surface area (Å²) < 4.78 is 5.28. The summed E-state index contributed by atoms with van der Waals surface area (Å²) in [6.45, 7) is 1.39. The van der Waals surface area contributed by atoms with Gasteiger partial charge in [0.2, 0.25) is 5.91 Å². The molecule has 132 valence electrons. The van der Waals surface area contributed by atoms with Gasteiger partial charge in [-0.3, -0.25) is 4.79 Å². The molecular weight excluding hydrogens is 328 g/mol.